The highest BCUT2D eigenvalue weighted by Crippen LogP contribution is 2.45. The van der Waals surface area contributed by atoms with Crippen LogP contribution in [-0.4, -0.2) is 18.3 Å². The van der Waals surface area contributed by atoms with Gasteiger partial charge >= 0.3 is 0 Å². The molecule has 72 valence electrons. The van der Waals surface area contributed by atoms with Crippen LogP contribution >= 0.6 is 15.9 Å². The van der Waals surface area contributed by atoms with E-state index >= 15 is 0 Å². The summed E-state index contributed by atoms with van der Waals surface area (Å²) in [5.41, 5.74) is -0.830. The lowest BCUT2D eigenvalue weighted by Crippen LogP contribution is -2.45. The summed E-state index contributed by atoms with van der Waals surface area (Å²) in [6.45, 7) is 0. The first-order chi connectivity index (χ1) is 6.15. The molecule has 0 unspecified atom stereocenters. The van der Waals surface area contributed by atoms with E-state index in [1.807, 2.05) is 0 Å². The van der Waals surface area contributed by atoms with Crippen LogP contribution < -0.4 is 0 Å². The summed E-state index contributed by atoms with van der Waals surface area (Å²) < 4.78 is 11.1. The number of rotatable bonds is 2. The molecule has 1 aliphatic rings. The molecule has 1 N–H and O–H groups in total. The maximum absolute atomic E-state index is 10.0. The zero-order valence-electron chi connectivity index (χ0n) is 7.29. The van der Waals surface area contributed by atoms with E-state index in [4.69, 9.17) is 9.15 Å². The van der Waals surface area contributed by atoms with Gasteiger partial charge in [-0.15, -0.1) is 0 Å². The molecule has 3 nitrogen and oxygen atoms in total. The number of halogens is 1. The van der Waals surface area contributed by atoms with E-state index < -0.39 is 5.60 Å². The lowest BCUT2D eigenvalue weighted by atomic mass is 9.76. The van der Waals surface area contributed by atoms with Crippen LogP contribution in [-0.2, 0) is 10.3 Å². The minimum atomic E-state index is -0.830. The van der Waals surface area contributed by atoms with Crippen LogP contribution in [0.5, 0.6) is 0 Å². The third-order valence-corrected chi connectivity index (χ3v) is 3.13. The summed E-state index contributed by atoms with van der Waals surface area (Å²) in [6.07, 6.45) is 2.94. The lowest BCUT2D eigenvalue weighted by Gasteiger charge is -2.41. The Bertz CT molecular complexity index is 302. The topological polar surface area (TPSA) is 42.6 Å². The molecule has 0 bridgehead atoms. The Morgan fingerprint density at radius 3 is 2.85 bits per heavy atom. The van der Waals surface area contributed by atoms with Gasteiger partial charge in [-0.2, -0.15) is 0 Å². The van der Waals surface area contributed by atoms with Gasteiger partial charge in [-0.1, -0.05) is 0 Å². The maximum atomic E-state index is 10.0. The van der Waals surface area contributed by atoms with Crippen LogP contribution in [0.3, 0.4) is 0 Å². The first-order valence-electron chi connectivity index (χ1n) is 4.14. The van der Waals surface area contributed by atoms with E-state index in [2.05, 4.69) is 15.9 Å². The molecule has 1 heterocycles. The largest absolute Gasteiger partial charge is 0.465 e. The Balaban J connectivity index is 2.15. The molecule has 13 heavy (non-hydrogen) atoms. The highest BCUT2D eigenvalue weighted by molar-refractivity contribution is 9.10. The number of aliphatic hydroxyl groups is 1. The normalized spacial score (nSPS) is 33.0. The molecule has 4 heteroatoms. The molecule has 0 amide bonds. The smallest absolute Gasteiger partial charge is 0.149 e. The quantitative estimate of drug-likeness (QED) is 0.869. The third kappa shape index (κ3) is 1.43. The first-order valence-corrected chi connectivity index (χ1v) is 4.93. The first kappa shape index (κ1) is 9.24. The van der Waals surface area contributed by atoms with E-state index in [1.54, 1.807) is 19.4 Å². The van der Waals surface area contributed by atoms with E-state index in [1.165, 1.54) is 0 Å². The van der Waals surface area contributed by atoms with E-state index in [0.717, 1.165) is 4.47 Å². The van der Waals surface area contributed by atoms with Crippen LogP contribution in [0, 0.1) is 0 Å². The van der Waals surface area contributed by atoms with Gasteiger partial charge in [0.25, 0.3) is 0 Å². The monoisotopic (exact) mass is 246 g/mol. The fraction of sp³-hybridized carbons (Fsp3) is 0.556. The fourth-order valence-corrected chi connectivity index (χ4v) is 2.24. The van der Waals surface area contributed by atoms with Crippen molar-refractivity contribution in [3.8, 4) is 0 Å². The molecule has 0 aliphatic heterocycles. The lowest BCUT2D eigenvalue weighted by molar-refractivity contribution is -0.143. The second kappa shape index (κ2) is 3.12. The van der Waals surface area contributed by atoms with Gasteiger partial charge < -0.3 is 14.3 Å². The van der Waals surface area contributed by atoms with Crippen molar-refractivity contribution in [3.63, 3.8) is 0 Å². The third-order valence-electron chi connectivity index (χ3n) is 2.50. The summed E-state index contributed by atoms with van der Waals surface area (Å²) in [6, 6.07) is 1.79. The zero-order valence-corrected chi connectivity index (χ0v) is 8.87. The molecule has 1 aliphatic carbocycles. The Labute approximate surface area is 84.8 Å². The van der Waals surface area contributed by atoms with Gasteiger partial charge in [0.15, 0.2) is 0 Å². The predicted octanol–water partition coefficient (Wildman–Crippen LogP) is 2.04. The fourth-order valence-electron chi connectivity index (χ4n) is 1.67. The van der Waals surface area contributed by atoms with E-state index in [9.17, 15) is 5.11 Å². The van der Waals surface area contributed by atoms with Crippen LogP contribution in [0.2, 0.25) is 0 Å². The molecule has 2 rings (SSSR count). The maximum Gasteiger partial charge on any atom is 0.149 e. The van der Waals surface area contributed by atoms with Crippen molar-refractivity contribution in [3.05, 3.63) is 22.6 Å². The molecule has 0 spiro atoms. The Kier molecular flexibility index (Phi) is 2.21. The van der Waals surface area contributed by atoms with Gasteiger partial charge in [0.1, 0.15) is 11.4 Å². The number of ether oxygens (including phenoxy) is 1. The van der Waals surface area contributed by atoms with Crippen LogP contribution in [0.4, 0.5) is 0 Å². The van der Waals surface area contributed by atoms with Gasteiger partial charge in [-0.3, -0.25) is 0 Å². The molecular weight excluding hydrogens is 236 g/mol. The van der Waals surface area contributed by atoms with Crippen LogP contribution in [0.25, 0.3) is 0 Å². The van der Waals surface area contributed by atoms with Crippen molar-refractivity contribution in [1.29, 1.82) is 0 Å². The Morgan fingerprint density at radius 2 is 2.38 bits per heavy atom. The second-order valence-electron chi connectivity index (χ2n) is 3.40. The van der Waals surface area contributed by atoms with Gasteiger partial charge in [0, 0.05) is 20.0 Å². The highest BCUT2D eigenvalue weighted by atomic mass is 79.9. The minimum Gasteiger partial charge on any atom is -0.465 e. The molecule has 1 aromatic heterocycles. The number of hydrogen-bond acceptors (Lipinski definition) is 3. The van der Waals surface area contributed by atoms with E-state index in [0.29, 0.717) is 18.6 Å². The van der Waals surface area contributed by atoms with Crippen molar-refractivity contribution < 1.29 is 14.3 Å². The van der Waals surface area contributed by atoms with Crippen molar-refractivity contribution in [1.82, 2.24) is 0 Å². The molecular formula is C9H11BrO3. The van der Waals surface area contributed by atoms with Crippen LogP contribution in [0.15, 0.2) is 21.2 Å². The summed E-state index contributed by atoms with van der Waals surface area (Å²) in [4.78, 5) is 0. The summed E-state index contributed by atoms with van der Waals surface area (Å²) >= 11 is 3.32. The summed E-state index contributed by atoms with van der Waals surface area (Å²) in [5, 5.41) is 10.0. The molecule has 1 fully saturated rings. The molecule has 0 saturated heterocycles. The van der Waals surface area contributed by atoms with E-state index in [-0.39, 0.29) is 6.10 Å². The van der Waals surface area contributed by atoms with Crippen LogP contribution in [0.1, 0.15) is 18.6 Å². The number of methoxy groups -OCH3 is 1. The molecule has 1 saturated carbocycles. The SMILES string of the molecule is COC1CC(O)(c2occc2Br)C1. The molecule has 1 aromatic rings. The van der Waals surface area contributed by atoms with Gasteiger partial charge in [0.05, 0.1) is 16.8 Å². The minimum absolute atomic E-state index is 0.155. The summed E-state index contributed by atoms with van der Waals surface area (Å²) in [5.74, 6) is 0.612. The Morgan fingerprint density at radius 1 is 1.69 bits per heavy atom. The average Bonchev–Trinajstić information content (AvgIpc) is 2.46. The van der Waals surface area contributed by atoms with Crippen molar-refractivity contribution >= 4 is 15.9 Å². The number of furan rings is 1. The molecule has 0 radical (unpaired) electrons. The van der Waals surface area contributed by atoms with Gasteiger partial charge in [-0.05, 0) is 22.0 Å². The summed E-state index contributed by atoms with van der Waals surface area (Å²) in [7, 11) is 1.65. The second-order valence-corrected chi connectivity index (χ2v) is 4.25. The highest BCUT2D eigenvalue weighted by Gasteiger charge is 2.47. The standard InChI is InChI=1S/C9H11BrO3/c1-12-6-4-9(11,5-6)8-7(10)2-3-13-8/h2-3,6,11H,4-5H2,1H3. The van der Waals surface area contributed by atoms with Gasteiger partial charge in [-0.25, -0.2) is 0 Å². The number of hydrogen-bond donors (Lipinski definition) is 1. The molecule has 0 aromatic carbocycles. The van der Waals surface area contributed by atoms with Crippen molar-refractivity contribution in [2.75, 3.05) is 7.11 Å². The average molecular weight is 247 g/mol. The Hall–Kier alpha value is -0.320. The van der Waals surface area contributed by atoms with Crippen molar-refractivity contribution in [2.24, 2.45) is 0 Å². The van der Waals surface area contributed by atoms with Crippen molar-refractivity contribution in [2.45, 2.75) is 24.5 Å². The van der Waals surface area contributed by atoms with Gasteiger partial charge in [0.2, 0.25) is 0 Å². The predicted molar refractivity (Wildman–Crippen MR) is 50.3 cm³/mol. The molecule has 0 atom stereocenters. The zero-order chi connectivity index (χ0) is 9.47.